The zero-order valence-electron chi connectivity index (χ0n) is 10.0. The molecule has 17 heavy (non-hydrogen) atoms. The minimum atomic E-state index is -0.303. The lowest BCUT2D eigenvalue weighted by atomic mass is 9.94. The maximum absolute atomic E-state index is 13.3. The maximum Gasteiger partial charge on any atom is 0.139 e. The number of rotatable bonds is 2. The summed E-state index contributed by atoms with van der Waals surface area (Å²) in [5.41, 5.74) is 7.33. The van der Waals surface area contributed by atoms with Crippen molar-refractivity contribution in [3.05, 3.63) is 22.4 Å². The first kappa shape index (κ1) is 12.7. The van der Waals surface area contributed by atoms with Crippen LogP contribution >= 0.6 is 15.9 Å². The molecular formula is C13H18BrFN2. The fraction of sp³-hybridized carbons (Fsp3) is 0.538. The van der Waals surface area contributed by atoms with Gasteiger partial charge in [0, 0.05) is 19.2 Å². The molecule has 2 N–H and O–H groups in total. The van der Waals surface area contributed by atoms with Crippen molar-refractivity contribution in [3.8, 4) is 0 Å². The van der Waals surface area contributed by atoms with E-state index < -0.39 is 0 Å². The number of nitrogens with two attached hydrogens (primary N) is 1. The second-order valence-electron chi connectivity index (χ2n) is 4.73. The SMILES string of the molecule is CN(c1cc(Br)c(F)cc1N)C1CCCCC1. The molecule has 1 aromatic carbocycles. The Bertz CT molecular complexity index is 403. The number of hydrogen-bond acceptors (Lipinski definition) is 2. The number of nitrogen functional groups attached to an aromatic ring is 1. The first-order valence-corrected chi connectivity index (χ1v) is 6.86. The third-order valence-electron chi connectivity index (χ3n) is 3.57. The molecule has 0 heterocycles. The van der Waals surface area contributed by atoms with Crippen molar-refractivity contribution >= 4 is 27.3 Å². The van der Waals surface area contributed by atoms with Gasteiger partial charge < -0.3 is 10.6 Å². The van der Waals surface area contributed by atoms with Crippen molar-refractivity contribution in [1.82, 2.24) is 0 Å². The highest BCUT2D eigenvalue weighted by Crippen LogP contribution is 2.33. The van der Waals surface area contributed by atoms with E-state index in [0.717, 1.165) is 5.69 Å². The lowest BCUT2D eigenvalue weighted by Crippen LogP contribution is -2.33. The maximum atomic E-state index is 13.3. The first-order chi connectivity index (χ1) is 8.09. The molecule has 0 atom stereocenters. The van der Waals surface area contributed by atoms with Crippen LogP contribution in [0.15, 0.2) is 16.6 Å². The summed E-state index contributed by atoms with van der Waals surface area (Å²) < 4.78 is 13.8. The van der Waals surface area contributed by atoms with Crippen LogP contribution in [-0.2, 0) is 0 Å². The van der Waals surface area contributed by atoms with E-state index in [1.807, 2.05) is 7.05 Å². The molecule has 94 valence electrons. The van der Waals surface area contributed by atoms with Crippen LogP contribution in [0, 0.1) is 5.82 Å². The average molecular weight is 301 g/mol. The van der Waals surface area contributed by atoms with Gasteiger partial charge in [0.05, 0.1) is 15.8 Å². The molecule has 2 rings (SSSR count). The van der Waals surface area contributed by atoms with Crippen molar-refractivity contribution in [1.29, 1.82) is 0 Å². The lowest BCUT2D eigenvalue weighted by molar-refractivity contribution is 0.427. The largest absolute Gasteiger partial charge is 0.397 e. The van der Waals surface area contributed by atoms with E-state index in [9.17, 15) is 4.39 Å². The molecule has 1 aliphatic rings. The highest BCUT2D eigenvalue weighted by Gasteiger charge is 2.20. The second-order valence-corrected chi connectivity index (χ2v) is 5.58. The smallest absolute Gasteiger partial charge is 0.139 e. The topological polar surface area (TPSA) is 29.3 Å². The van der Waals surface area contributed by atoms with Gasteiger partial charge in [-0.25, -0.2) is 4.39 Å². The van der Waals surface area contributed by atoms with Gasteiger partial charge in [-0.15, -0.1) is 0 Å². The highest BCUT2D eigenvalue weighted by atomic mass is 79.9. The molecule has 2 nitrogen and oxygen atoms in total. The summed E-state index contributed by atoms with van der Waals surface area (Å²) in [6.07, 6.45) is 6.28. The lowest BCUT2D eigenvalue weighted by Gasteiger charge is -2.33. The molecule has 1 saturated carbocycles. The Labute approximate surface area is 110 Å². The summed E-state index contributed by atoms with van der Waals surface area (Å²) in [5.74, 6) is -0.303. The Morgan fingerprint density at radius 2 is 1.94 bits per heavy atom. The molecular weight excluding hydrogens is 283 g/mol. The fourth-order valence-electron chi connectivity index (χ4n) is 2.52. The molecule has 0 bridgehead atoms. The normalized spacial score (nSPS) is 17.1. The summed E-state index contributed by atoms with van der Waals surface area (Å²) in [4.78, 5) is 2.19. The summed E-state index contributed by atoms with van der Waals surface area (Å²) in [6.45, 7) is 0. The quantitative estimate of drug-likeness (QED) is 0.838. The van der Waals surface area contributed by atoms with Crippen LogP contribution in [0.2, 0.25) is 0 Å². The Hall–Kier alpha value is -0.770. The van der Waals surface area contributed by atoms with Gasteiger partial charge in [-0.3, -0.25) is 0 Å². The van der Waals surface area contributed by atoms with Crippen LogP contribution in [0.3, 0.4) is 0 Å². The average Bonchev–Trinajstić information content (AvgIpc) is 2.34. The third-order valence-corrected chi connectivity index (χ3v) is 4.18. The Morgan fingerprint density at radius 3 is 2.59 bits per heavy atom. The van der Waals surface area contributed by atoms with Gasteiger partial charge in [0.25, 0.3) is 0 Å². The highest BCUT2D eigenvalue weighted by molar-refractivity contribution is 9.10. The molecule has 0 aromatic heterocycles. The molecule has 1 aliphatic carbocycles. The van der Waals surface area contributed by atoms with Crippen LogP contribution in [0.4, 0.5) is 15.8 Å². The van der Waals surface area contributed by atoms with E-state index in [1.165, 1.54) is 38.2 Å². The van der Waals surface area contributed by atoms with Gasteiger partial charge >= 0.3 is 0 Å². The summed E-state index contributed by atoms with van der Waals surface area (Å²) in [6, 6.07) is 3.70. The van der Waals surface area contributed by atoms with Gasteiger partial charge in [0.2, 0.25) is 0 Å². The van der Waals surface area contributed by atoms with E-state index in [4.69, 9.17) is 5.73 Å². The van der Waals surface area contributed by atoms with E-state index in [0.29, 0.717) is 16.2 Å². The molecule has 1 fully saturated rings. The molecule has 0 saturated heterocycles. The van der Waals surface area contributed by atoms with Gasteiger partial charge in [-0.1, -0.05) is 19.3 Å². The van der Waals surface area contributed by atoms with Gasteiger partial charge in [0.15, 0.2) is 0 Å². The van der Waals surface area contributed by atoms with Crippen molar-refractivity contribution in [3.63, 3.8) is 0 Å². The number of hydrogen-bond donors (Lipinski definition) is 1. The predicted molar refractivity (Wildman–Crippen MR) is 73.8 cm³/mol. The summed E-state index contributed by atoms with van der Waals surface area (Å²) >= 11 is 3.22. The predicted octanol–water partition coefficient (Wildman–Crippen LogP) is 3.94. The minimum absolute atomic E-state index is 0.303. The van der Waals surface area contributed by atoms with E-state index >= 15 is 0 Å². The number of anilines is 2. The number of nitrogens with zero attached hydrogens (tertiary/aromatic N) is 1. The van der Waals surface area contributed by atoms with Crippen LogP contribution in [0.25, 0.3) is 0 Å². The molecule has 0 amide bonds. The molecule has 0 radical (unpaired) electrons. The third kappa shape index (κ3) is 2.73. The van der Waals surface area contributed by atoms with Gasteiger partial charge in [-0.05, 0) is 34.8 Å². The zero-order valence-corrected chi connectivity index (χ0v) is 11.6. The van der Waals surface area contributed by atoms with E-state index in [-0.39, 0.29) is 5.82 Å². The van der Waals surface area contributed by atoms with Crippen LogP contribution in [0.1, 0.15) is 32.1 Å². The van der Waals surface area contributed by atoms with Gasteiger partial charge in [0.1, 0.15) is 5.82 Å². The Kier molecular flexibility index (Phi) is 3.92. The number of benzene rings is 1. The Balaban J connectivity index is 2.23. The monoisotopic (exact) mass is 300 g/mol. The van der Waals surface area contributed by atoms with Crippen molar-refractivity contribution in [2.24, 2.45) is 0 Å². The molecule has 0 spiro atoms. The first-order valence-electron chi connectivity index (χ1n) is 6.07. The van der Waals surface area contributed by atoms with Crippen molar-refractivity contribution < 1.29 is 4.39 Å². The fourth-order valence-corrected chi connectivity index (χ4v) is 2.85. The molecule has 0 aliphatic heterocycles. The van der Waals surface area contributed by atoms with Crippen molar-refractivity contribution in [2.75, 3.05) is 17.7 Å². The summed E-state index contributed by atoms with van der Waals surface area (Å²) in [7, 11) is 2.05. The minimum Gasteiger partial charge on any atom is -0.397 e. The molecule has 4 heteroatoms. The molecule has 1 aromatic rings. The second kappa shape index (κ2) is 5.25. The van der Waals surface area contributed by atoms with Gasteiger partial charge in [-0.2, -0.15) is 0 Å². The van der Waals surface area contributed by atoms with Crippen LogP contribution in [0.5, 0.6) is 0 Å². The van der Waals surface area contributed by atoms with E-state index in [1.54, 1.807) is 6.07 Å². The van der Waals surface area contributed by atoms with Crippen LogP contribution < -0.4 is 10.6 Å². The van der Waals surface area contributed by atoms with Crippen LogP contribution in [-0.4, -0.2) is 13.1 Å². The van der Waals surface area contributed by atoms with Crippen molar-refractivity contribution in [2.45, 2.75) is 38.1 Å². The number of halogens is 2. The Morgan fingerprint density at radius 1 is 1.29 bits per heavy atom. The molecule has 0 unspecified atom stereocenters. The standard InChI is InChI=1S/C13H18BrFN2/c1-17(9-5-3-2-4-6-9)13-7-10(14)11(15)8-12(13)16/h7-9H,2-6,16H2,1H3. The summed E-state index contributed by atoms with van der Waals surface area (Å²) in [5, 5.41) is 0. The zero-order chi connectivity index (χ0) is 12.4. The van der Waals surface area contributed by atoms with E-state index in [2.05, 4.69) is 20.8 Å².